The zero-order valence-electron chi connectivity index (χ0n) is 59.7. The molecule has 0 N–H and O–H groups in total. The van der Waals surface area contributed by atoms with Crippen LogP contribution in [0, 0.1) is 5.41 Å². The molecular formula is C69H122O25S4. The van der Waals surface area contributed by atoms with E-state index in [-0.39, 0.29) is 128 Å². The average molecular weight is 1480 g/mol. The minimum Gasteiger partial charge on any atom is -0.466 e. The first kappa shape index (κ1) is 95.2. The van der Waals surface area contributed by atoms with E-state index in [0.29, 0.717) is 200 Å². The topological polar surface area (TPSA) is 301 Å². The third-order valence-corrected chi connectivity index (χ3v) is 17.5. The third-order valence-electron chi connectivity index (χ3n) is 13.7. The maximum atomic E-state index is 12.3. The van der Waals surface area contributed by atoms with Crippen molar-refractivity contribution in [1.82, 2.24) is 0 Å². The highest BCUT2D eigenvalue weighted by Crippen LogP contribution is 2.22. The lowest BCUT2D eigenvalue weighted by molar-refractivity contribution is -0.143. The van der Waals surface area contributed by atoms with Crippen molar-refractivity contribution in [2.75, 3.05) is 208 Å². The number of ketones is 1. The zero-order chi connectivity index (χ0) is 71.7. The van der Waals surface area contributed by atoms with Gasteiger partial charge in [-0.05, 0) is 72.6 Å². The summed E-state index contributed by atoms with van der Waals surface area (Å²) in [4.78, 5) is 107. The summed E-state index contributed by atoms with van der Waals surface area (Å²) in [5.41, 5.74) is -0.755. The highest BCUT2D eigenvalue weighted by molar-refractivity contribution is 8.14. The van der Waals surface area contributed by atoms with E-state index < -0.39 is 5.41 Å². The van der Waals surface area contributed by atoms with Crippen LogP contribution in [0.25, 0.3) is 0 Å². The van der Waals surface area contributed by atoms with Gasteiger partial charge in [0.2, 0.25) is 0 Å². The number of carbonyl (C=O) groups excluding carboxylic acids is 9. The van der Waals surface area contributed by atoms with Gasteiger partial charge in [0.15, 0.2) is 20.5 Å². The molecule has 0 heterocycles. The highest BCUT2D eigenvalue weighted by atomic mass is 32.2. The van der Waals surface area contributed by atoms with Crippen molar-refractivity contribution in [3.8, 4) is 0 Å². The van der Waals surface area contributed by atoms with E-state index in [9.17, 15) is 43.2 Å². The van der Waals surface area contributed by atoms with Gasteiger partial charge in [0.05, 0.1) is 190 Å². The fourth-order valence-electron chi connectivity index (χ4n) is 8.60. The normalized spacial score (nSPS) is 11.5. The van der Waals surface area contributed by atoms with Gasteiger partial charge in [-0.3, -0.25) is 43.2 Å². The summed E-state index contributed by atoms with van der Waals surface area (Å²) in [7, 11) is 0. The molecule has 0 aromatic carbocycles. The Balaban J connectivity index is 5.26. The van der Waals surface area contributed by atoms with Crippen LogP contribution in [-0.2, 0) is 119 Å². The van der Waals surface area contributed by atoms with Gasteiger partial charge in [0.1, 0.15) is 5.78 Å². The molecule has 0 amide bonds. The Morgan fingerprint density at radius 2 is 0.449 bits per heavy atom. The van der Waals surface area contributed by atoms with E-state index >= 15 is 0 Å². The fourth-order valence-corrected chi connectivity index (χ4v) is 11.7. The van der Waals surface area contributed by atoms with Gasteiger partial charge in [-0.2, -0.15) is 0 Å². The number of esters is 4. The second-order valence-corrected chi connectivity index (χ2v) is 27.0. The number of hydrogen-bond acceptors (Lipinski definition) is 29. The molecule has 0 aliphatic carbocycles. The van der Waals surface area contributed by atoms with Crippen LogP contribution in [0.5, 0.6) is 0 Å². The largest absolute Gasteiger partial charge is 0.466 e. The van der Waals surface area contributed by atoms with Crippen LogP contribution >= 0.6 is 47.0 Å². The van der Waals surface area contributed by atoms with Crippen LogP contribution < -0.4 is 0 Å². The van der Waals surface area contributed by atoms with Crippen molar-refractivity contribution in [2.24, 2.45) is 5.41 Å². The maximum absolute atomic E-state index is 12.3. The number of thioether (sulfide) groups is 4. The van der Waals surface area contributed by atoms with E-state index in [1.807, 2.05) is 0 Å². The Morgan fingerprint density at radius 3 is 0.714 bits per heavy atom. The van der Waals surface area contributed by atoms with Gasteiger partial charge in [-0.25, -0.2) is 0 Å². The van der Waals surface area contributed by atoms with Gasteiger partial charge < -0.3 is 75.8 Å². The van der Waals surface area contributed by atoms with Crippen molar-refractivity contribution in [1.29, 1.82) is 0 Å². The first-order valence-electron chi connectivity index (χ1n) is 35.5. The summed E-state index contributed by atoms with van der Waals surface area (Å²) >= 11 is 4.59. The first-order valence-corrected chi connectivity index (χ1v) is 39.4. The molecular weight excluding hydrogens is 1360 g/mol. The number of hydrogen-bond donors (Lipinski definition) is 0. The fraction of sp³-hybridized carbons (Fsp3) is 0.870. The molecule has 25 nitrogen and oxygen atoms in total. The first-order chi connectivity index (χ1) is 47.8. The molecule has 0 rings (SSSR count). The second kappa shape index (κ2) is 73.9. The van der Waals surface area contributed by atoms with E-state index in [1.54, 1.807) is 27.7 Å². The van der Waals surface area contributed by atoms with Gasteiger partial charge in [0, 0.05) is 88.0 Å². The SMILES string of the molecule is CCOC(=O)CCSC(=O)CCCCCCOCCOCCOCC(COCCOCCOCCCCCCC(=O)SCCC(=O)OCC)(COCCOCCOCCCCCCC(=O)SCCC(=O)OCC)COCCOCCOCCCC(=O)CCC(=O)SCCC(=O)OCC. The monoisotopic (exact) mass is 1480 g/mol. The minimum absolute atomic E-state index is 0.0178. The number of carbonyl (C=O) groups is 9. The second-order valence-electron chi connectivity index (χ2n) is 22.3. The molecule has 0 aromatic rings. The van der Waals surface area contributed by atoms with Crippen LogP contribution in [0.15, 0.2) is 0 Å². The van der Waals surface area contributed by atoms with E-state index in [4.69, 9.17) is 75.8 Å². The Kier molecular flexibility index (Phi) is 71.7. The predicted molar refractivity (Wildman–Crippen MR) is 380 cm³/mol. The molecule has 29 heteroatoms. The van der Waals surface area contributed by atoms with Crippen molar-refractivity contribution in [2.45, 2.75) is 175 Å². The van der Waals surface area contributed by atoms with Crippen molar-refractivity contribution >= 4 is 97.2 Å². The van der Waals surface area contributed by atoms with Gasteiger partial charge >= 0.3 is 23.9 Å². The van der Waals surface area contributed by atoms with Crippen LogP contribution in [0.3, 0.4) is 0 Å². The van der Waals surface area contributed by atoms with E-state index in [0.717, 1.165) is 88.8 Å². The molecule has 0 saturated carbocycles. The van der Waals surface area contributed by atoms with E-state index in [1.165, 1.54) is 35.3 Å². The Bertz CT molecular complexity index is 1820. The number of ether oxygens (including phenoxy) is 16. The molecule has 0 saturated heterocycles. The van der Waals surface area contributed by atoms with Gasteiger partial charge in [-0.15, -0.1) is 0 Å². The smallest absolute Gasteiger partial charge is 0.306 e. The molecule has 0 aromatic heterocycles. The Hall–Kier alpha value is -2.85. The molecule has 0 bridgehead atoms. The minimum atomic E-state index is -0.755. The molecule has 0 aliphatic rings. The average Bonchev–Trinajstić information content (AvgIpc) is 0.931. The lowest BCUT2D eigenvalue weighted by Gasteiger charge is -2.33. The zero-order valence-corrected chi connectivity index (χ0v) is 63.0. The summed E-state index contributed by atoms with van der Waals surface area (Å²) in [5.74, 6) is 0.441. The maximum Gasteiger partial charge on any atom is 0.306 e. The summed E-state index contributed by atoms with van der Waals surface area (Å²) in [5, 5.41) is 0.154. The summed E-state index contributed by atoms with van der Waals surface area (Å²) in [6.45, 7) is 16.8. The predicted octanol–water partition coefficient (Wildman–Crippen LogP) is 10.0. The number of Topliss-reactive ketones (excluding diaryl/α,β-unsaturated/α-hetero) is 1. The Morgan fingerprint density at radius 1 is 0.224 bits per heavy atom. The molecule has 0 spiro atoms. The summed E-state index contributed by atoms with van der Waals surface area (Å²) in [6.07, 6.45) is 14.0. The highest BCUT2D eigenvalue weighted by Gasteiger charge is 2.33. The molecule has 572 valence electrons. The van der Waals surface area contributed by atoms with Gasteiger partial charge in [-0.1, -0.05) is 85.6 Å². The van der Waals surface area contributed by atoms with Crippen LogP contribution in [0.2, 0.25) is 0 Å². The molecule has 98 heavy (non-hydrogen) atoms. The summed E-state index contributed by atoms with van der Waals surface area (Å²) < 4.78 is 91.0. The van der Waals surface area contributed by atoms with Crippen molar-refractivity contribution in [3.63, 3.8) is 0 Å². The van der Waals surface area contributed by atoms with Crippen LogP contribution in [-0.4, -0.2) is 258 Å². The number of rotatable bonds is 76. The molecule has 0 unspecified atom stereocenters. The van der Waals surface area contributed by atoms with Crippen molar-refractivity contribution < 1.29 is 119 Å². The van der Waals surface area contributed by atoms with Crippen molar-refractivity contribution in [3.05, 3.63) is 0 Å². The molecule has 0 aliphatic heterocycles. The van der Waals surface area contributed by atoms with Gasteiger partial charge in [0.25, 0.3) is 0 Å². The lowest BCUT2D eigenvalue weighted by Crippen LogP contribution is -2.43. The number of unbranched alkanes of at least 4 members (excludes halogenated alkanes) is 9. The molecule has 0 radical (unpaired) electrons. The van der Waals surface area contributed by atoms with Crippen LogP contribution in [0.1, 0.15) is 175 Å². The Labute approximate surface area is 601 Å². The lowest BCUT2D eigenvalue weighted by atomic mass is 9.92. The third kappa shape index (κ3) is 68.9. The quantitative estimate of drug-likeness (QED) is 0.0310. The van der Waals surface area contributed by atoms with Crippen LogP contribution in [0.4, 0.5) is 0 Å². The molecule has 0 atom stereocenters. The summed E-state index contributed by atoms with van der Waals surface area (Å²) in [6, 6.07) is 0. The van der Waals surface area contributed by atoms with E-state index in [2.05, 4.69) is 0 Å². The standard InChI is InChI=1S/C69H122O25S4/c1-5-91-61(71)28-52-95-65(75)23-15-9-12-18-32-79-36-40-83-44-48-87-56-69(57-88-49-45-84-41-37-80-33-19-13-10-16-24-66(76)96-53-29-62(72)92-6-2,58-89-50-46-85-42-38-81-34-20-14-11-17-25-67(77)97-54-30-63(73)93-7-3)59-90-51-47-86-43-39-82-35-21-22-60(70)26-27-68(78)98-55-31-64(74)94-8-4/h5-59H2,1-4H3. The molecule has 0 fully saturated rings.